The van der Waals surface area contributed by atoms with Gasteiger partial charge in [-0.2, -0.15) is 5.10 Å². The predicted molar refractivity (Wildman–Crippen MR) is 58.9 cm³/mol. The number of hydrazone groups is 1. The first-order chi connectivity index (χ1) is 7.68. The summed E-state index contributed by atoms with van der Waals surface area (Å²) in [4.78, 5) is 24.8. The number of hydrogen-bond acceptors (Lipinski definition) is 4. The molecular formula is C10H16N4O2. The Bertz CT molecular complexity index is 340. The Morgan fingerprint density at radius 2 is 2.31 bits per heavy atom. The van der Waals surface area contributed by atoms with Crippen molar-refractivity contribution in [2.75, 3.05) is 19.6 Å². The Balaban J connectivity index is 2.03. The first kappa shape index (κ1) is 11.1. The number of piperazine rings is 1. The van der Waals surface area contributed by atoms with Gasteiger partial charge in [-0.05, 0) is 6.92 Å². The number of nitrogens with zero attached hydrogens (tertiary/aromatic N) is 2. The van der Waals surface area contributed by atoms with E-state index < -0.39 is 0 Å². The molecule has 2 aliphatic heterocycles. The topological polar surface area (TPSA) is 73.8 Å². The molecule has 0 bridgehead atoms. The van der Waals surface area contributed by atoms with Crippen LogP contribution in [0.15, 0.2) is 5.10 Å². The number of nitrogens with one attached hydrogen (secondary N) is 2. The molecule has 0 spiro atoms. The molecule has 2 N–H and O–H groups in total. The van der Waals surface area contributed by atoms with E-state index in [1.807, 2.05) is 11.8 Å². The molecule has 2 rings (SSSR count). The van der Waals surface area contributed by atoms with Crippen LogP contribution in [0.1, 0.15) is 19.8 Å². The molecule has 88 valence electrons. The van der Waals surface area contributed by atoms with Gasteiger partial charge in [0.15, 0.2) is 0 Å². The lowest BCUT2D eigenvalue weighted by molar-refractivity contribution is -0.127. The van der Waals surface area contributed by atoms with Crippen molar-refractivity contribution < 1.29 is 9.59 Å². The third kappa shape index (κ3) is 2.21. The van der Waals surface area contributed by atoms with Crippen molar-refractivity contribution in [3.8, 4) is 0 Å². The van der Waals surface area contributed by atoms with E-state index in [-0.39, 0.29) is 17.9 Å². The highest BCUT2D eigenvalue weighted by Crippen LogP contribution is 2.08. The Hall–Kier alpha value is -1.43. The number of carbonyl (C=O) groups excluding carboxylic acids is 2. The van der Waals surface area contributed by atoms with E-state index >= 15 is 0 Å². The van der Waals surface area contributed by atoms with Crippen LogP contribution in [0.3, 0.4) is 0 Å². The average molecular weight is 224 g/mol. The van der Waals surface area contributed by atoms with Crippen LogP contribution in [-0.4, -0.2) is 48.1 Å². The number of amides is 2. The molecule has 6 heteroatoms. The van der Waals surface area contributed by atoms with Crippen LogP contribution in [0, 0.1) is 0 Å². The summed E-state index contributed by atoms with van der Waals surface area (Å²) in [5.41, 5.74) is 2.82. The quantitative estimate of drug-likeness (QED) is 0.604. The van der Waals surface area contributed by atoms with Crippen LogP contribution in [0.25, 0.3) is 0 Å². The van der Waals surface area contributed by atoms with E-state index in [9.17, 15) is 9.59 Å². The first-order valence-electron chi connectivity index (χ1n) is 5.55. The van der Waals surface area contributed by atoms with E-state index in [1.54, 1.807) is 0 Å². The summed E-state index contributed by atoms with van der Waals surface area (Å²) in [7, 11) is 0. The molecule has 1 saturated heterocycles. The zero-order valence-electron chi connectivity index (χ0n) is 9.32. The second-order valence-corrected chi connectivity index (χ2v) is 4.15. The van der Waals surface area contributed by atoms with Gasteiger partial charge in [0, 0.05) is 38.5 Å². The summed E-state index contributed by atoms with van der Waals surface area (Å²) in [6.07, 6.45) is 0.798. The molecule has 0 aromatic heterocycles. The minimum Gasteiger partial charge on any atom is -0.332 e. The van der Waals surface area contributed by atoms with Gasteiger partial charge < -0.3 is 10.2 Å². The summed E-state index contributed by atoms with van der Waals surface area (Å²) in [5.74, 6) is -0.168. The Morgan fingerprint density at radius 3 is 2.94 bits per heavy atom. The van der Waals surface area contributed by atoms with Crippen molar-refractivity contribution in [3.05, 3.63) is 0 Å². The zero-order valence-corrected chi connectivity index (χ0v) is 9.32. The average Bonchev–Trinajstić information content (AvgIpc) is 2.30. The van der Waals surface area contributed by atoms with Crippen LogP contribution >= 0.6 is 0 Å². The fourth-order valence-corrected chi connectivity index (χ4v) is 1.94. The molecule has 2 amide bonds. The SMILES string of the molecule is CC1CNCCN1C(=O)C1=NNC(=O)CC1. The molecule has 0 saturated carbocycles. The zero-order chi connectivity index (χ0) is 11.5. The summed E-state index contributed by atoms with van der Waals surface area (Å²) in [6.45, 7) is 4.33. The number of rotatable bonds is 1. The Labute approximate surface area is 94.1 Å². The molecule has 2 heterocycles. The maximum absolute atomic E-state index is 12.1. The summed E-state index contributed by atoms with van der Waals surface area (Å²) < 4.78 is 0. The monoisotopic (exact) mass is 224 g/mol. The molecule has 2 aliphatic rings. The highest BCUT2D eigenvalue weighted by molar-refractivity contribution is 6.39. The minimum absolute atomic E-state index is 0.0472. The van der Waals surface area contributed by atoms with Gasteiger partial charge >= 0.3 is 0 Å². The summed E-state index contributed by atoms with van der Waals surface area (Å²) in [5, 5.41) is 7.05. The predicted octanol–water partition coefficient (Wildman–Crippen LogP) is -0.927. The number of hydrogen-bond donors (Lipinski definition) is 2. The van der Waals surface area contributed by atoms with Gasteiger partial charge in [0.05, 0.1) is 0 Å². The standard InChI is InChI=1S/C10H16N4O2/c1-7-6-11-4-5-14(7)10(16)8-2-3-9(15)13-12-8/h7,11H,2-6H2,1H3,(H,13,15). The normalized spacial score (nSPS) is 26.1. The lowest BCUT2D eigenvalue weighted by atomic mass is 10.1. The Kier molecular flexibility index (Phi) is 3.19. The van der Waals surface area contributed by atoms with Crippen LogP contribution < -0.4 is 10.7 Å². The van der Waals surface area contributed by atoms with Gasteiger partial charge in [0.1, 0.15) is 5.71 Å². The lowest BCUT2D eigenvalue weighted by Crippen LogP contribution is -2.54. The van der Waals surface area contributed by atoms with Gasteiger partial charge in [0.2, 0.25) is 5.91 Å². The van der Waals surface area contributed by atoms with Crippen LogP contribution in [0.5, 0.6) is 0 Å². The smallest absolute Gasteiger partial charge is 0.270 e. The molecule has 6 nitrogen and oxygen atoms in total. The fourth-order valence-electron chi connectivity index (χ4n) is 1.94. The number of carbonyl (C=O) groups is 2. The first-order valence-corrected chi connectivity index (χ1v) is 5.55. The van der Waals surface area contributed by atoms with E-state index in [0.717, 1.165) is 13.1 Å². The van der Waals surface area contributed by atoms with Crippen molar-refractivity contribution in [1.29, 1.82) is 0 Å². The van der Waals surface area contributed by atoms with E-state index in [0.29, 0.717) is 25.1 Å². The van der Waals surface area contributed by atoms with Gasteiger partial charge in [-0.25, -0.2) is 5.43 Å². The van der Waals surface area contributed by atoms with Crippen molar-refractivity contribution in [1.82, 2.24) is 15.6 Å². The molecule has 1 atom stereocenters. The van der Waals surface area contributed by atoms with Crippen molar-refractivity contribution in [3.63, 3.8) is 0 Å². The van der Waals surface area contributed by atoms with Gasteiger partial charge in [-0.3, -0.25) is 9.59 Å². The van der Waals surface area contributed by atoms with Crippen LogP contribution in [-0.2, 0) is 9.59 Å². The second kappa shape index (κ2) is 4.61. The summed E-state index contributed by atoms with van der Waals surface area (Å²) in [6, 6.07) is 0.182. The largest absolute Gasteiger partial charge is 0.332 e. The van der Waals surface area contributed by atoms with E-state index in [1.165, 1.54) is 0 Å². The van der Waals surface area contributed by atoms with Crippen LogP contribution in [0.4, 0.5) is 0 Å². The maximum Gasteiger partial charge on any atom is 0.270 e. The van der Waals surface area contributed by atoms with Gasteiger partial charge in [0.25, 0.3) is 5.91 Å². The van der Waals surface area contributed by atoms with E-state index in [2.05, 4.69) is 15.8 Å². The molecule has 1 fully saturated rings. The van der Waals surface area contributed by atoms with E-state index in [4.69, 9.17) is 0 Å². The van der Waals surface area contributed by atoms with Gasteiger partial charge in [-0.1, -0.05) is 0 Å². The van der Waals surface area contributed by atoms with Crippen LogP contribution in [0.2, 0.25) is 0 Å². The van der Waals surface area contributed by atoms with Gasteiger partial charge in [-0.15, -0.1) is 0 Å². The highest BCUT2D eigenvalue weighted by Gasteiger charge is 2.28. The molecule has 1 unspecified atom stereocenters. The third-order valence-corrected chi connectivity index (χ3v) is 2.91. The van der Waals surface area contributed by atoms with Crippen molar-refractivity contribution in [2.45, 2.75) is 25.8 Å². The summed E-state index contributed by atoms with van der Waals surface area (Å²) >= 11 is 0. The molecule has 0 aromatic rings. The third-order valence-electron chi connectivity index (χ3n) is 2.91. The van der Waals surface area contributed by atoms with Crippen molar-refractivity contribution >= 4 is 17.5 Å². The molecule has 16 heavy (non-hydrogen) atoms. The second-order valence-electron chi connectivity index (χ2n) is 4.15. The maximum atomic E-state index is 12.1. The van der Waals surface area contributed by atoms with Crippen molar-refractivity contribution in [2.24, 2.45) is 5.10 Å². The minimum atomic E-state index is -0.120. The molecular weight excluding hydrogens is 208 g/mol. The fraction of sp³-hybridized carbons (Fsp3) is 0.700. The lowest BCUT2D eigenvalue weighted by Gasteiger charge is -2.34. The molecule has 0 radical (unpaired) electrons. The molecule has 0 aliphatic carbocycles. The Morgan fingerprint density at radius 1 is 1.50 bits per heavy atom. The highest BCUT2D eigenvalue weighted by atomic mass is 16.2. The molecule has 0 aromatic carbocycles.